The molecular formula is C11H12BrNO2. The molecule has 1 amide bonds. The van der Waals surface area contributed by atoms with Crippen LogP contribution in [0.25, 0.3) is 0 Å². The third-order valence-corrected chi connectivity index (χ3v) is 2.23. The smallest absolute Gasteiger partial charge is 0.279 e. The first kappa shape index (κ1) is 11.9. The average molecular weight is 270 g/mol. The summed E-state index contributed by atoms with van der Waals surface area (Å²) in [5, 5.41) is 0. The Hall–Kier alpha value is -1.16. The highest BCUT2D eigenvalue weighted by Crippen LogP contribution is 2.11. The van der Waals surface area contributed by atoms with Crippen LogP contribution >= 0.6 is 15.9 Å². The molecule has 1 aromatic carbocycles. The Balaban J connectivity index is 2.77. The maximum atomic E-state index is 11.6. The summed E-state index contributed by atoms with van der Waals surface area (Å²) in [4.78, 5) is 15.4. The summed E-state index contributed by atoms with van der Waals surface area (Å²) in [6, 6.07) is 7.04. The minimum Gasteiger partial charge on any atom is -0.481 e. The maximum Gasteiger partial charge on any atom is 0.279 e. The monoisotopic (exact) mass is 269 g/mol. The molecule has 0 radical (unpaired) electrons. The molecule has 0 aliphatic carbocycles. The molecule has 0 heterocycles. The first-order valence-corrected chi connectivity index (χ1v) is 5.40. The largest absolute Gasteiger partial charge is 0.481 e. The number of ether oxygens (including phenoxy) is 1. The molecule has 0 fully saturated rings. The molecule has 0 aliphatic heterocycles. The van der Waals surface area contributed by atoms with E-state index in [1.807, 2.05) is 6.92 Å². The van der Waals surface area contributed by atoms with Crippen molar-refractivity contribution in [2.75, 3.05) is 6.61 Å². The molecule has 80 valence electrons. The lowest BCUT2D eigenvalue weighted by Crippen LogP contribution is -2.04. The summed E-state index contributed by atoms with van der Waals surface area (Å²) in [7, 11) is 0. The predicted octanol–water partition coefficient (Wildman–Crippen LogP) is 3.04. The van der Waals surface area contributed by atoms with Gasteiger partial charge in [-0.05, 0) is 31.2 Å². The predicted molar refractivity (Wildman–Crippen MR) is 63.2 cm³/mol. The molecule has 4 heteroatoms. The lowest BCUT2D eigenvalue weighted by atomic mass is 10.2. The number of carbonyl (C=O) groups is 1. The molecular weight excluding hydrogens is 258 g/mol. The van der Waals surface area contributed by atoms with Crippen LogP contribution in [0.3, 0.4) is 0 Å². The van der Waals surface area contributed by atoms with Gasteiger partial charge < -0.3 is 4.74 Å². The van der Waals surface area contributed by atoms with Crippen molar-refractivity contribution in [1.29, 1.82) is 0 Å². The second-order valence-electron chi connectivity index (χ2n) is 2.88. The van der Waals surface area contributed by atoms with Crippen molar-refractivity contribution in [2.45, 2.75) is 13.8 Å². The van der Waals surface area contributed by atoms with Crippen molar-refractivity contribution in [3.8, 4) is 0 Å². The Morgan fingerprint density at radius 2 is 2.00 bits per heavy atom. The molecule has 1 rings (SSSR count). The number of benzene rings is 1. The normalized spacial score (nSPS) is 11.3. The van der Waals surface area contributed by atoms with Gasteiger partial charge in [0, 0.05) is 17.0 Å². The van der Waals surface area contributed by atoms with Crippen LogP contribution in [0.2, 0.25) is 0 Å². The minimum absolute atomic E-state index is 0.284. The maximum absolute atomic E-state index is 11.6. The van der Waals surface area contributed by atoms with Crippen LogP contribution in [0.1, 0.15) is 24.2 Å². The molecule has 0 atom stereocenters. The van der Waals surface area contributed by atoms with Crippen molar-refractivity contribution < 1.29 is 9.53 Å². The van der Waals surface area contributed by atoms with Gasteiger partial charge in [0.25, 0.3) is 5.91 Å². The van der Waals surface area contributed by atoms with Gasteiger partial charge in [-0.1, -0.05) is 15.9 Å². The third-order valence-electron chi connectivity index (χ3n) is 1.70. The number of hydrogen-bond donors (Lipinski definition) is 0. The highest BCUT2D eigenvalue weighted by atomic mass is 79.9. The standard InChI is InChI=1S/C11H12BrNO2/c1-3-15-8(2)13-11(14)9-4-6-10(12)7-5-9/h4-7H,3H2,1-2H3. The SMILES string of the molecule is CCOC(C)=NC(=O)c1ccc(Br)cc1. The fraction of sp³-hybridized carbons (Fsp3) is 0.273. The van der Waals surface area contributed by atoms with Gasteiger partial charge in [-0.25, -0.2) is 0 Å². The number of amides is 1. The molecule has 1 aromatic rings. The van der Waals surface area contributed by atoms with E-state index in [1.54, 1.807) is 31.2 Å². The van der Waals surface area contributed by atoms with E-state index in [-0.39, 0.29) is 5.91 Å². The summed E-state index contributed by atoms with van der Waals surface area (Å²) < 4.78 is 6.01. The molecule has 3 nitrogen and oxygen atoms in total. The van der Waals surface area contributed by atoms with Crippen LogP contribution in [0.15, 0.2) is 33.7 Å². The van der Waals surface area contributed by atoms with E-state index in [1.165, 1.54) is 0 Å². The van der Waals surface area contributed by atoms with Crippen LogP contribution in [0.5, 0.6) is 0 Å². The second-order valence-corrected chi connectivity index (χ2v) is 3.79. The Morgan fingerprint density at radius 3 is 2.53 bits per heavy atom. The zero-order chi connectivity index (χ0) is 11.3. The molecule has 0 aliphatic rings. The quantitative estimate of drug-likeness (QED) is 0.612. The van der Waals surface area contributed by atoms with E-state index >= 15 is 0 Å². The molecule has 0 saturated carbocycles. The molecule has 0 bridgehead atoms. The van der Waals surface area contributed by atoms with E-state index in [0.29, 0.717) is 18.1 Å². The highest BCUT2D eigenvalue weighted by molar-refractivity contribution is 9.10. The Bertz CT molecular complexity index is 371. The number of aliphatic imine (C=N–C) groups is 1. The zero-order valence-electron chi connectivity index (χ0n) is 8.66. The lowest BCUT2D eigenvalue weighted by Gasteiger charge is -2.00. The molecule has 0 unspecified atom stereocenters. The van der Waals surface area contributed by atoms with Crippen LogP contribution in [-0.2, 0) is 4.74 Å². The van der Waals surface area contributed by atoms with Gasteiger partial charge >= 0.3 is 0 Å². The van der Waals surface area contributed by atoms with Gasteiger partial charge in [0.1, 0.15) is 0 Å². The van der Waals surface area contributed by atoms with E-state index in [0.717, 1.165) is 4.47 Å². The van der Waals surface area contributed by atoms with E-state index in [9.17, 15) is 4.79 Å². The summed E-state index contributed by atoms with van der Waals surface area (Å²) in [6.07, 6.45) is 0. The molecule has 0 spiro atoms. The Kier molecular flexibility index (Phi) is 4.49. The van der Waals surface area contributed by atoms with Crippen LogP contribution in [-0.4, -0.2) is 18.4 Å². The first-order chi connectivity index (χ1) is 7.13. The van der Waals surface area contributed by atoms with Gasteiger partial charge in [0.05, 0.1) is 6.61 Å². The third kappa shape index (κ3) is 3.83. The lowest BCUT2D eigenvalue weighted by molar-refractivity contribution is 0.0999. The molecule has 15 heavy (non-hydrogen) atoms. The highest BCUT2D eigenvalue weighted by Gasteiger charge is 2.04. The number of carbonyl (C=O) groups excluding carboxylic acids is 1. The van der Waals surface area contributed by atoms with Crippen molar-refractivity contribution in [3.05, 3.63) is 34.3 Å². The van der Waals surface area contributed by atoms with Crippen molar-refractivity contribution in [1.82, 2.24) is 0 Å². The zero-order valence-corrected chi connectivity index (χ0v) is 10.2. The number of hydrogen-bond acceptors (Lipinski definition) is 2. The Labute approximate surface area is 97.3 Å². The minimum atomic E-state index is -0.284. The topological polar surface area (TPSA) is 38.7 Å². The summed E-state index contributed by atoms with van der Waals surface area (Å²) in [5.74, 6) is 0.110. The number of nitrogens with zero attached hydrogens (tertiary/aromatic N) is 1. The second kappa shape index (κ2) is 5.66. The fourth-order valence-corrected chi connectivity index (χ4v) is 1.31. The van der Waals surface area contributed by atoms with Crippen molar-refractivity contribution >= 4 is 27.7 Å². The average Bonchev–Trinajstić information content (AvgIpc) is 2.18. The van der Waals surface area contributed by atoms with Gasteiger partial charge in [-0.3, -0.25) is 4.79 Å². The van der Waals surface area contributed by atoms with Gasteiger partial charge in [0.2, 0.25) is 0 Å². The molecule has 0 N–H and O–H groups in total. The molecule has 0 aromatic heterocycles. The van der Waals surface area contributed by atoms with Crippen molar-refractivity contribution in [3.63, 3.8) is 0 Å². The summed E-state index contributed by atoms with van der Waals surface area (Å²) in [5.41, 5.74) is 0.553. The molecule has 0 saturated heterocycles. The summed E-state index contributed by atoms with van der Waals surface area (Å²) >= 11 is 3.30. The van der Waals surface area contributed by atoms with E-state index in [2.05, 4.69) is 20.9 Å². The number of rotatable bonds is 2. The fourth-order valence-electron chi connectivity index (χ4n) is 1.04. The van der Waals surface area contributed by atoms with Gasteiger partial charge in [0.15, 0.2) is 5.90 Å². The first-order valence-electron chi connectivity index (χ1n) is 4.61. The van der Waals surface area contributed by atoms with Crippen LogP contribution < -0.4 is 0 Å². The van der Waals surface area contributed by atoms with Crippen LogP contribution in [0.4, 0.5) is 0 Å². The van der Waals surface area contributed by atoms with E-state index < -0.39 is 0 Å². The summed E-state index contributed by atoms with van der Waals surface area (Å²) in [6.45, 7) is 4.03. The Morgan fingerprint density at radius 1 is 1.40 bits per heavy atom. The number of halogens is 1. The van der Waals surface area contributed by atoms with Crippen molar-refractivity contribution in [2.24, 2.45) is 4.99 Å². The van der Waals surface area contributed by atoms with Gasteiger partial charge in [-0.15, -0.1) is 0 Å². The van der Waals surface area contributed by atoms with Crippen LogP contribution in [0, 0.1) is 0 Å². The van der Waals surface area contributed by atoms with E-state index in [4.69, 9.17) is 4.74 Å². The van der Waals surface area contributed by atoms with Gasteiger partial charge in [-0.2, -0.15) is 4.99 Å².